The number of nitrogen functional groups attached to an aromatic ring is 1. The summed E-state index contributed by atoms with van der Waals surface area (Å²) in [7, 11) is 0. The fourth-order valence-electron chi connectivity index (χ4n) is 1.80. The van der Waals surface area contributed by atoms with Crippen LogP contribution in [0.5, 0.6) is 0 Å². The third-order valence-electron chi connectivity index (χ3n) is 2.68. The molecule has 0 bridgehead atoms. The standard InChI is InChI=1S/C11H13N5O2/c1-3-8-11(12)13-14-15(8)9-5-4-7(2)6-10(9)16(17)18/h4-6H,3,12H2,1-2H3. The van der Waals surface area contributed by atoms with Gasteiger partial charge in [0.2, 0.25) is 0 Å². The van der Waals surface area contributed by atoms with Gasteiger partial charge in [-0.3, -0.25) is 10.1 Å². The molecule has 0 saturated heterocycles. The molecule has 0 aliphatic heterocycles. The molecule has 1 aromatic carbocycles. The summed E-state index contributed by atoms with van der Waals surface area (Å²) in [6.45, 7) is 3.69. The number of benzene rings is 1. The van der Waals surface area contributed by atoms with E-state index in [-0.39, 0.29) is 5.69 Å². The molecule has 2 rings (SSSR count). The van der Waals surface area contributed by atoms with Crippen LogP contribution in [0.2, 0.25) is 0 Å². The minimum atomic E-state index is -0.431. The Balaban J connectivity index is 2.67. The van der Waals surface area contributed by atoms with E-state index in [1.165, 1.54) is 10.7 Å². The highest BCUT2D eigenvalue weighted by atomic mass is 16.6. The average Bonchev–Trinajstić information content (AvgIpc) is 2.70. The molecule has 1 aromatic heterocycles. The summed E-state index contributed by atoms with van der Waals surface area (Å²) in [5, 5.41) is 18.7. The van der Waals surface area contributed by atoms with Crippen LogP contribution in [-0.4, -0.2) is 19.9 Å². The van der Waals surface area contributed by atoms with E-state index in [2.05, 4.69) is 10.3 Å². The van der Waals surface area contributed by atoms with Crippen LogP contribution in [0.15, 0.2) is 18.2 Å². The highest BCUT2D eigenvalue weighted by Crippen LogP contribution is 2.25. The topological polar surface area (TPSA) is 99.9 Å². The summed E-state index contributed by atoms with van der Waals surface area (Å²) < 4.78 is 1.42. The van der Waals surface area contributed by atoms with Crippen LogP contribution in [0.4, 0.5) is 11.5 Å². The molecule has 0 amide bonds. The van der Waals surface area contributed by atoms with Gasteiger partial charge in [-0.05, 0) is 25.0 Å². The Morgan fingerprint density at radius 3 is 2.83 bits per heavy atom. The molecule has 1 heterocycles. The van der Waals surface area contributed by atoms with Crippen molar-refractivity contribution in [3.8, 4) is 5.69 Å². The van der Waals surface area contributed by atoms with Crippen LogP contribution in [0, 0.1) is 17.0 Å². The predicted octanol–water partition coefficient (Wildman–Crippen LogP) is 1.63. The largest absolute Gasteiger partial charge is 0.381 e. The lowest BCUT2D eigenvalue weighted by Crippen LogP contribution is -2.06. The van der Waals surface area contributed by atoms with E-state index in [0.717, 1.165) is 5.56 Å². The van der Waals surface area contributed by atoms with Crippen molar-refractivity contribution in [3.05, 3.63) is 39.6 Å². The molecule has 94 valence electrons. The van der Waals surface area contributed by atoms with Crippen molar-refractivity contribution in [2.45, 2.75) is 20.3 Å². The minimum Gasteiger partial charge on any atom is -0.381 e. The zero-order chi connectivity index (χ0) is 13.3. The number of hydrogen-bond acceptors (Lipinski definition) is 5. The number of aromatic nitrogens is 3. The van der Waals surface area contributed by atoms with E-state index in [4.69, 9.17) is 5.73 Å². The maximum Gasteiger partial charge on any atom is 0.295 e. The second-order valence-electron chi connectivity index (χ2n) is 3.94. The Morgan fingerprint density at radius 2 is 2.22 bits per heavy atom. The molecular weight excluding hydrogens is 234 g/mol. The second kappa shape index (κ2) is 4.44. The zero-order valence-electron chi connectivity index (χ0n) is 10.1. The van der Waals surface area contributed by atoms with Gasteiger partial charge < -0.3 is 5.73 Å². The van der Waals surface area contributed by atoms with Gasteiger partial charge in [0, 0.05) is 6.07 Å². The van der Waals surface area contributed by atoms with Gasteiger partial charge in [-0.2, -0.15) is 0 Å². The van der Waals surface area contributed by atoms with Crippen molar-refractivity contribution in [1.29, 1.82) is 0 Å². The van der Waals surface area contributed by atoms with Crippen LogP contribution >= 0.6 is 0 Å². The molecule has 0 radical (unpaired) electrons. The summed E-state index contributed by atoms with van der Waals surface area (Å²) in [5.74, 6) is 0.298. The smallest absolute Gasteiger partial charge is 0.295 e. The summed E-state index contributed by atoms with van der Waals surface area (Å²) in [6.07, 6.45) is 0.601. The van der Waals surface area contributed by atoms with E-state index in [0.29, 0.717) is 23.6 Å². The van der Waals surface area contributed by atoms with Crippen molar-refractivity contribution >= 4 is 11.5 Å². The van der Waals surface area contributed by atoms with Crippen molar-refractivity contribution in [2.24, 2.45) is 0 Å². The maximum atomic E-state index is 11.1. The second-order valence-corrected chi connectivity index (χ2v) is 3.94. The van der Waals surface area contributed by atoms with Gasteiger partial charge >= 0.3 is 0 Å². The summed E-state index contributed by atoms with van der Waals surface area (Å²) >= 11 is 0. The Bertz CT molecular complexity index is 605. The fourth-order valence-corrected chi connectivity index (χ4v) is 1.80. The normalized spacial score (nSPS) is 10.6. The minimum absolute atomic E-state index is 0.00500. The number of nitro benzene ring substituents is 1. The fraction of sp³-hybridized carbons (Fsp3) is 0.273. The number of hydrogen-bond donors (Lipinski definition) is 1. The molecule has 0 saturated carbocycles. The van der Waals surface area contributed by atoms with E-state index in [9.17, 15) is 10.1 Å². The number of aryl methyl sites for hydroxylation is 1. The molecule has 0 unspecified atom stereocenters. The van der Waals surface area contributed by atoms with Crippen LogP contribution in [0.3, 0.4) is 0 Å². The third kappa shape index (κ3) is 1.90. The number of anilines is 1. The summed E-state index contributed by atoms with van der Waals surface area (Å²) in [6, 6.07) is 4.95. The van der Waals surface area contributed by atoms with Gasteiger partial charge in [-0.15, -0.1) is 5.10 Å². The monoisotopic (exact) mass is 247 g/mol. The predicted molar refractivity (Wildman–Crippen MR) is 66.5 cm³/mol. The molecule has 0 spiro atoms. The summed E-state index contributed by atoms with van der Waals surface area (Å²) in [4.78, 5) is 10.6. The first-order valence-electron chi connectivity index (χ1n) is 5.50. The number of nitrogens with zero attached hydrogens (tertiary/aromatic N) is 4. The van der Waals surface area contributed by atoms with Gasteiger partial charge in [0.25, 0.3) is 5.69 Å². The van der Waals surface area contributed by atoms with Gasteiger partial charge in [0.05, 0.1) is 10.6 Å². The molecular formula is C11H13N5O2. The molecule has 18 heavy (non-hydrogen) atoms. The Kier molecular flexibility index (Phi) is 2.97. The quantitative estimate of drug-likeness (QED) is 0.656. The van der Waals surface area contributed by atoms with Crippen LogP contribution in [-0.2, 0) is 6.42 Å². The third-order valence-corrected chi connectivity index (χ3v) is 2.68. The molecule has 2 aromatic rings. The van der Waals surface area contributed by atoms with Crippen LogP contribution in [0.1, 0.15) is 18.2 Å². The maximum absolute atomic E-state index is 11.1. The van der Waals surface area contributed by atoms with Gasteiger partial charge in [0.1, 0.15) is 5.69 Å². The van der Waals surface area contributed by atoms with Gasteiger partial charge in [0.15, 0.2) is 5.82 Å². The zero-order valence-corrected chi connectivity index (χ0v) is 10.1. The molecule has 0 atom stereocenters. The van der Waals surface area contributed by atoms with Crippen molar-refractivity contribution in [3.63, 3.8) is 0 Å². The van der Waals surface area contributed by atoms with E-state index in [1.807, 2.05) is 6.92 Å². The number of nitrogens with two attached hydrogens (primary N) is 1. The number of nitro groups is 1. The molecule has 0 fully saturated rings. The molecule has 7 nitrogen and oxygen atoms in total. The van der Waals surface area contributed by atoms with Crippen molar-refractivity contribution in [2.75, 3.05) is 5.73 Å². The first-order valence-corrected chi connectivity index (χ1v) is 5.50. The lowest BCUT2D eigenvalue weighted by molar-refractivity contribution is -0.384. The van der Waals surface area contributed by atoms with Crippen LogP contribution in [0.25, 0.3) is 5.69 Å². The lowest BCUT2D eigenvalue weighted by atomic mass is 10.2. The van der Waals surface area contributed by atoms with Gasteiger partial charge in [-0.1, -0.05) is 18.2 Å². The average molecular weight is 247 g/mol. The first kappa shape index (κ1) is 12.0. The van der Waals surface area contributed by atoms with Crippen molar-refractivity contribution in [1.82, 2.24) is 15.0 Å². The number of rotatable bonds is 3. The first-order chi connectivity index (χ1) is 8.54. The highest BCUT2D eigenvalue weighted by molar-refractivity contribution is 5.55. The van der Waals surface area contributed by atoms with Crippen molar-refractivity contribution < 1.29 is 4.92 Å². The summed E-state index contributed by atoms with van der Waals surface area (Å²) in [5.41, 5.74) is 7.54. The highest BCUT2D eigenvalue weighted by Gasteiger charge is 2.19. The van der Waals surface area contributed by atoms with Gasteiger partial charge in [-0.25, -0.2) is 4.68 Å². The molecule has 2 N–H and O–H groups in total. The van der Waals surface area contributed by atoms with E-state index in [1.54, 1.807) is 19.1 Å². The lowest BCUT2D eigenvalue weighted by Gasteiger charge is -2.06. The van der Waals surface area contributed by atoms with E-state index >= 15 is 0 Å². The molecule has 0 aliphatic carbocycles. The SMILES string of the molecule is CCc1c(N)nnn1-c1ccc(C)cc1[N+](=O)[O-]. The Morgan fingerprint density at radius 1 is 1.50 bits per heavy atom. The molecule has 7 heteroatoms. The Labute approximate surface area is 103 Å². The van der Waals surface area contributed by atoms with E-state index < -0.39 is 4.92 Å². The van der Waals surface area contributed by atoms with Crippen LogP contribution < -0.4 is 5.73 Å². The Hall–Kier alpha value is -2.44. The molecule has 0 aliphatic rings.